The highest BCUT2D eigenvalue weighted by atomic mass is 16.5. The van der Waals surface area contributed by atoms with Crippen molar-refractivity contribution in [3.05, 3.63) is 48.0 Å². The summed E-state index contributed by atoms with van der Waals surface area (Å²) >= 11 is 0. The van der Waals surface area contributed by atoms with Crippen molar-refractivity contribution < 1.29 is 9.47 Å². The first-order chi connectivity index (χ1) is 17.8. The predicted octanol–water partition coefficient (Wildman–Crippen LogP) is 6.36. The van der Waals surface area contributed by atoms with Gasteiger partial charge >= 0.3 is 6.01 Å². The largest absolute Gasteiger partial charge is 0.462 e. The van der Waals surface area contributed by atoms with Crippen molar-refractivity contribution >= 4 is 16.7 Å². The highest BCUT2D eigenvalue weighted by Crippen LogP contribution is 2.31. The van der Waals surface area contributed by atoms with E-state index in [1.807, 2.05) is 27.7 Å². The van der Waals surface area contributed by atoms with Crippen LogP contribution in [0.25, 0.3) is 22.0 Å². The van der Waals surface area contributed by atoms with Gasteiger partial charge in [0.05, 0.1) is 18.7 Å². The lowest BCUT2D eigenvalue weighted by Gasteiger charge is -2.29. The van der Waals surface area contributed by atoms with Gasteiger partial charge in [-0.25, -0.2) is 0 Å². The summed E-state index contributed by atoms with van der Waals surface area (Å²) in [5.41, 5.74) is 4.57. The zero-order chi connectivity index (χ0) is 25.8. The second-order valence-corrected chi connectivity index (χ2v) is 8.78. The number of fused-ring (bicyclic) bond motifs is 1. The zero-order valence-electron chi connectivity index (χ0n) is 22.9. The quantitative estimate of drug-likeness (QED) is 0.399. The maximum Gasteiger partial charge on any atom is 0.318 e. The molecule has 0 spiro atoms. The van der Waals surface area contributed by atoms with E-state index in [-0.39, 0.29) is 0 Å². The van der Waals surface area contributed by atoms with E-state index in [2.05, 4.69) is 59.2 Å². The van der Waals surface area contributed by atoms with Crippen molar-refractivity contribution in [1.29, 1.82) is 0 Å². The number of hydrogen-bond acceptors (Lipinski definition) is 6. The second-order valence-electron chi connectivity index (χ2n) is 8.78. The average Bonchev–Trinajstić information content (AvgIpc) is 2.95. The number of nitrogens with zero attached hydrogens (tertiary/aromatic N) is 4. The van der Waals surface area contributed by atoms with E-state index in [1.165, 1.54) is 49.0 Å². The monoisotopic (exact) mass is 492 g/mol. The molecule has 196 valence electrons. The van der Waals surface area contributed by atoms with Gasteiger partial charge in [-0.2, -0.15) is 9.97 Å². The van der Waals surface area contributed by atoms with Crippen LogP contribution in [0.4, 0.5) is 5.82 Å². The first-order valence-corrected chi connectivity index (χ1v) is 13.8. The Kier molecular flexibility index (Phi) is 11.4. The van der Waals surface area contributed by atoms with Crippen LogP contribution >= 0.6 is 0 Å². The highest BCUT2D eigenvalue weighted by Gasteiger charge is 2.19. The minimum absolute atomic E-state index is 0.472. The lowest BCUT2D eigenvalue weighted by molar-refractivity contribution is 0.122. The maximum atomic E-state index is 6.06. The maximum absolute atomic E-state index is 6.06. The van der Waals surface area contributed by atoms with Crippen LogP contribution in [0.15, 0.2) is 42.5 Å². The molecule has 0 amide bonds. The Morgan fingerprint density at radius 2 is 1.56 bits per heavy atom. The number of piperidine rings is 1. The smallest absolute Gasteiger partial charge is 0.318 e. The molecule has 0 atom stereocenters. The van der Waals surface area contributed by atoms with E-state index in [4.69, 9.17) is 19.4 Å². The Morgan fingerprint density at radius 1 is 0.833 bits per heavy atom. The first kappa shape index (κ1) is 27.9. The molecule has 2 aliphatic heterocycles. The van der Waals surface area contributed by atoms with E-state index in [0.29, 0.717) is 25.8 Å². The SMILES string of the molecule is CC.CC.Cc1cccc(-c2ccc3nc(OCCN4CCCCC4)nc(N4CCOCC4)c3c2)c1. The van der Waals surface area contributed by atoms with Crippen molar-refractivity contribution in [2.45, 2.75) is 53.9 Å². The summed E-state index contributed by atoms with van der Waals surface area (Å²) in [4.78, 5) is 14.4. The van der Waals surface area contributed by atoms with E-state index in [9.17, 15) is 0 Å². The van der Waals surface area contributed by atoms with Gasteiger partial charge in [0.15, 0.2) is 0 Å². The number of aromatic nitrogens is 2. The highest BCUT2D eigenvalue weighted by molar-refractivity contribution is 5.93. The van der Waals surface area contributed by atoms with Gasteiger partial charge in [0.2, 0.25) is 0 Å². The molecule has 3 aromatic rings. The molecule has 0 saturated carbocycles. The first-order valence-electron chi connectivity index (χ1n) is 13.8. The number of hydrogen-bond donors (Lipinski definition) is 0. The van der Waals surface area contributed by atoms with Crippen molar-refractivity contribution in [2.75, 3.05) is 57.4 Å². The number of aryl methyl sites for hydroxylation is 1. The Bertz CT molecular complexity index is 1060. The topological polar surface area (TPSA) is 50.7 Å². The molecule has 1 aromatic heterocycles. The van der Waals surface area contributed by atoms with E-state index >= 15 is 0 Å². The summed E-state index contributed by atoms with van der Waals surface area (Å²) in [7, 11) is 0. The minimum Gasteiger partial charge on any atom is -0.462 e. The van der Waals surface area contributed by atoms with Crippen LogP contribution in [0.2, 0.25) is 0 Å². The van der Waals surface area contributed by atoms with Gasteiger partial charge in [0.1, 0.15) is 12.4 Å². The third-order valence-corrected chi connectivity index (χ3v) is 6.40. The molecule has 2 saturated heterocycles. The van der Waals surface area contributed by atoms with Crippen LogP contribution in [0, 0.1) is 6.92 Å². The van der Waals surface area contributed by atoms with Crippen LogP contribution < -0.4 is 9.64 Å². The number of morpholine rings is 1. The number of anilines is 1. The van der Waals surface area contributed by atoms with Crippen LogP contribution in [0.1, 0.15) is 52.5 Å². The summed E-state index contributed by atoms with van der Waals surface area (Å²) in [5, 5.41) is 1.06. The lowest BCUT2D eigenvalue weighted by Crippen LogP contribution is -2.37. The molecular weight excluding hydrogens is 448 g/mol. The molecule has 2 aliphatic rings. The van der Waals surface area contributed by atoms with Gasteiger partial charge in [-0.1, -0.05) is 70.0 Å². The van der Waals surface area contributed by atoms with Gasteiger partial charge in [-0.05, 0) is 56.1 Å². The van der Waals surface area contributed by atoms with Crippen molar-refractivity contribution in [1.82, 2.24) is 14.9 Å². The molecule has 2 aromatic carbocycles. The Labute approximate surface area is 217 Å². The molecule has 5 rings (SSSR count). The van der Waals surface area contributed by atoms with Crippen molar-refractivity contribution in [2.24, 2.45) is 0 Å². The Hall–Kier alpha value is -2.70. The molecular formula is C30H44N4O2. The molecule has 0 N–H and O–H groups in total. The summed E-state index contributed by atoms with van der Waals surface area (Å²) in [6.45, 7) is 17.1. The molecule has 0 aliphatic carbocycles. The number of ether oxygens (including phenoxy) is 2. The van der Waals surface area contributed by atoms with E-state index < -0.39 is 0 Å². The standard InChI is InChI=1S/C26H32N4O2.2C2H6/c1-20-6-5-7-21(18-20)22-8-9-24-23(19-22)25(30-13-15-31-16-14-30)28-26(27-24)32-17-12-29-10-3-2-4-11-29;2*1-2/h5-9,18-19H,2-4,10-17H2,1H3;2*1-2H3. The van der Waals surface area contributed by atoms with Crippen LogP contribution in [0.5, 0.6) is 6.01 Å². The van der Waals surface area contributed by atoms with Gasteiger partial charge in [-0.15, -0.1) is 0 Å². The zero-order valence-corrected chi connectivity index (χ0v) is 22.9. The Morgan fingerprint density at radius 3 is 2.28 bits per heavy atom. The summed E-state index contributed by atoms with van der Waals surface area (Å²) in [6.07, 6.45) is 3.92. The summed E-state index contributed by atoms with van der Waals surface area (Å²) in [6, 6.07) is 15.5. The van der Waals surface area contributed by atoms with E-state index in [1.54, 1.807) is 0 Å². The van der Waals surface area contributed by atoms with Crippen LogP contribution in [-0.2, 0) is 4.74 Å². The second kappa shape index (κ2) is 14.8. The minimum atomic E-state index is 0.472. The normalized spacial score (nSPS) is 16.0. The summed E-state index contributed by atoms with van der Waals surface area (Å²) < 4.78 is 11.6. The number of likely N-dealkylation sites (tertiary alicyclic amines) is 1. The molecule has 36 heavy (non-hydrogen) atoms. The third-order valence-electron chi connectivity index (χ3n) is 6.40. The molecule has 6 heteroatoms. The van der Waals surface area contributed by atoms with Crippen LogP contribution in [0.3, 0.4) is 0 Å². The van der Waals surface area contributed by atoms with Gasteiger partial charge in [0, 0.05) is 25.0 Å². The average molecular weight is 493 g/mol. The summed E-state index contributed by atoms with van der Waals surface area (Å²) in [5.74, 6) is 0.945. The molecule has 2 fully saturated rings. The number of rotatable bonds is 6. The van der Waals surface area contributed by atoms with Gasteiger partial charge < -0.3 is 14.4 Å². The van der Waals surface area contributed by atoms with Crippen molar-refractivity contribution in [3.63, 3.8) is 0 Å². The lowest BCUT2D eigenvalue weighted by atomic mass is 10.0. The third kappa shape index (κ3) is 7.40. The van der Waals surface area contributed by atoms with Gasteiger partial charge in [0.25, 0.3) is 0 Å². The predicted molar refractivity (Wildman–Crippen MR) is 151 cm³/mol. The molecule has 3 heterocycles. The fraction of sp³-hybridized carbons (Fsp3) is 0.533. The van der Waals surface area contributed by atoms with Gasteiger partial charge in [-0.3, -0.25) is 4.90 Å². The molecule has 0 radical (unpaired) electrons. The molecule has 0 unspecified atom stereocenters. The molecule has 6 nitrogen and oxygen atoms in total. The van der Waals surface area contributed by atoms with E-state index in [0.717, 1.165) is 36.4 Å². The Balaban J connectivity index is 0.000000861. The van der Waals surface area contributed by atoms with Crippen LogP contribution in [-0.4, -0.2) is 67.4 Å². The van der Waals surface area contributed by atoms with Crippen molar-refractivity contribution in [3.8, 4) is 17.1 Å². The number of benzene rings is 2. The molecule has 0 bridgehead atoms. The fourth-order valence-corrected chi connectivity index (χ4v) is 4.63. The fourth-order valence-electron chi connectivity index (χ4n) is 4.63.